The molecule has 1 aromatic heterocycles. The van der Waals surface area contributed by atoms with Gasteiger partial charge < -0.3 is 15.4 Å². The number of aryl methyl sites for hydroxylation is 3. The van der Waals surface area contributed by atoms with Crippen LogP contribution in [0.3, 0.4) is 0 Å². The second-order valence-electron chi connectivity index (χ2n) is 8.16. The van der Waals surface area contributed by atoms with Crippen LogP contribution in [0.1, 0.15) is 66.7 Å². The number of hydrogen-bond acceptors (Lipinski definition) is 3. The van der Waals surface area contributed by atoms with Crippen molar-refractivity contribution in [2.24, 2.45) is 0 Å². The number of aromatic amines is 1. The van der Waals surface area contributed by atoms with E-state index in [1.807, 2.05) is 37.3 Å². The summed E-state index contributed by atoms with van der Waals surface area (Å²) in [6.07, 6.45) is 6.32. The third kappa shape index (κ3) is 3.87. The molecule has 5 heteroatoms. The van der Waals surface area contributed by atoms with Crippen molar-refractivity contribution in [1.29, 1.82) is 0 Å². The highest BCUT2D eigenvalue weighted by Crippen LogP contribution is 2.33. The summed E-state index contributed by atoms with van der Waals surface area (Å²) >= 11 is 0. The number of nitrogens with zero attached hydrogens (tertiary/aromatic N) is 1. The van der Waals surface area contributed by atoms with Gasteiger partial charge in [0.15, 0.2) is 0 Å². The van der Waals surface area contributed by atoms with Crippen LogP contribution in [0.5, 0.6) is 5.75 Å². The van der Waals surface area contributed by atoms with Crippen molar-refractivity contribution < 1.29 is 5.11 Å². The quantitative estimate of drug-likeness (QED) is 0.601. The number of nitrogens with one attached hydrogen (secondary N) is 2. The van der Waals surface area contributed by atoms with Gasteiger partial charge in [0.05, 0.1) is 5.69 Å². The molecule has 5 nitrogen and oxygen atoms in total. The first-order valence-electron chi connectivity index (χ1n) is 10.4. The van der Waals surface area contributed by atoms with Crippen molar-refractivity contribution in [3.05, 3.63) is 81.0 Å². The van der Waals surface area contributed by atoms with Crippen LogP contribution >= 0.6 is 0 Å². The van der Waals surface area contributed by atoms with Crippen LogP contribution in [-0.4, -0.2) is 14.7 Å². The number of benzene rings is 2. The van der Waals surface area contributed by atoms with Crippen LogP contribution < -0.4 is 11.0 Å². The van der Waals surface area contributed by atoms with Crippen LogP contribution in [-0.2, 0) is 12.8 Å². The van der Waals surface area contributed by atoms with Gasteiger partial charge in [-0.05, 0) is 81.3 Å². The molecule has 0 aliphatic heterocycles. The Labute approximate surface area is 171 Å². The Bertz CT molecular complexity index is 1060. The molecule has 2 unspecified atom stereocenters. The summed E-state index contributed by atoms with van der Waals surface area (Å²) in [6.45, 7) is 6.12. The number of imidazole rings is 1. The van der Waals surface area contributed by atoms with E-state index in [9.17, 15) is 9.90 Å². The fraction of sp³-hybridized carbons (Fsp3) is 0.375. The summed E-state index contributed by atoms with van der Waals surface area (Å²) < 4.78 is 1.66. The molecule has 3 N–H and O–H groups in total. The summed E-state index contributed by atoms with van der Waals surface area (Å²) in [5.41, 5.74) is 6.38. The summed E-state index contributed by atoms with van der Waals surface area (Å²) in [7, 11) is 0. The van der Waals surface area contributed by atoms with Crippen molar-refractivity contribution in [3.8, 4) is 11.4 Å². The van der Waals surface area contributed by atoms with Crippen LogP contribution in [0.2, 0.25) is 0 Å². The topological polar surface area (TPSA) is 70.0 Å². The van der Waals surface area contributed by atoms with Crippen molar-refractivity contribution in [2.75, 3.05) is 0 Å². The Kier molecular flexibility index (Phi) is 5.33. The summed E-state index contributed by atoms with van der Waals surface area (Å²) in [4.78, 5) is 14.7. The summed E-state index contributed by atoms with van der Waals surface area (Å²) in [6, 6.07) is 12.3. The zero-order chi connectivity index (χ0) is 20.5. The lowest BCUT2D eigenvalue weighted by molar-refractivity contribution is 0.436. The average molecular weight is 392 g/mol. The van der Waals surface area contributed by atoms with Crippen molar-refractivity contribution in [3.63, 3.8) is 0 Å². The number of phenols is 1. The van der Waals surface area contributed by atoms with Gasteiger partial charge in [-0.3, -0.25) is 4.57 Å². The maximum Gasteiger partial charge on any atom is 0.330 e. The Morgan fingerprint density at radius 1 is 1.03 bits per heavy atom. The van der Waals surface area contributed by atoms with Crippen LogP contribution in [0.25, 0.3) is 5.69 Å². The number of rotatable bonds is 5. The maximum absolute atomic E-state index is 12.0. The third-order valence-corrected chi connectivity index (χ3v) is 6.07. The Balaban J connectivity index is 1.50. The second-order valence-corrected chi connectivity index (χ2v) is 8.16. The Morgan fingerprint density at radius 3 is 2.31 bits per heavy atom. The van der Waals surface area contributed by atoms with Crippen LogP contribution in [0.4, 0.5) is 0 Å². The number of phenolic OH excluding ortho intramolecular Hbond substituents is 1. The minimum absolute atomic E-state index is 0.0337. The highest BCUT2D eigenvalue weighted by Gasteiger charge is 2.18. The molecule has 4 rings (SSSR count). The Hall–Kier alpha value is -2.79. The molecule has 0 saturated carbocycles. The van der Waals surface area contributed by atoms with Crippen molar-refractivity contribution >= 4 is 0 Å². The zero-order valence-electron chi connectivity index (χ0n) is 17.3. The van der Waals surface area contributed by atoms with E-state index in [4.69, 9.17) is 0 Å². The first-order valence-corrected chi connectivity index (χ1v) is 10.4. The van der Waals surface area contributed by atoms with E-state index in [0.717, 1.165) is 35.3 Å². The zero-order valence-corrected chi connectivity index (χ0v) is 17.3. The molecule has 1 heterocycles. The van der Waals surface area contributed by atoms with E-state index in [0.29, 0.717) is 5.75 Å². The van der Waals surface area contributed by atoms with E-state index in [2.05, 4.69) is 30.2 Å². The highest BCUT2D eigenvalue weighted by molar-refractivity contribution is 5.45. The molecule has 0 amide bonds. The van der Waals surface area contributed by atoms with E-state index < -0.39 is 0 Å². The predicted molar refractivity (Wildman–Crippen MR) is 116 cm³/mol. The highest BCUT2D eigenvalue weighted by atomic mass is 16.3. The van der Waals surface area contributed by atoms with E-state index >= 15 is 0 Å². The molecule has 29 heavy (non-hydrogen) atoms. The molecule has 0 radical (unpaired) electrons. The number of hydrogen-bond donors (Lipinski definition) is 3. The van der Waals surface area contributed by atoms with E-state index in [1.54, 1.807) is 10.8 Å². The van der Waals surface area contributed by atoms with Gasteiger partial charge in [-0.2, -0.15) is 0 Å². The number of aromatic hydroxyl groups is 1. The molecule has 0 bridgehead atoms. The lowest BCUT2D eigenvalue weighted by atomic mass is 9.88. The molecule has 1 aliphatic rings. The van der Waals surface area contributed by atoms with Gasteiger partial charge in [-0.25, -0.2) is 4.79 Å². The second kappa shape index (κ2) is 7.91. The molecular formula is C24H29N3O2. The van der Waals surface area contributed by atoms with Gasteiger partial charge >= 0.3 is 5.69 Å². The summed E-state index contributed by atoms with van der Waals surface area (Å²) in [5, 5.41) is 14.1. The average Bonchev–Trinajstić information content (AvgIpc) is 3.05. The minimum Gasteiger partial charge on any atom is -0.508 e. The lowest BCUT2D eigenvalue weighted by Crippen LogP contribution is -2.23. The molecule has 0 spiro atoms. The van der Waals surface area contributed by atoms with Crippen molar-refractivity contribution in [1.82, 2.24) is 14.9 Å². The van der Waals surface area contributed by atoms with Crippen LogP contribution in [0.15, 0.2) is 47.4 Å². The SMILES string of the molecule is Cc1c[nH]c(=O)n1-c1ccc(C(C)NC(C)c2cc3c(cc2O)CCCC3)cc1. The third-order valence-electron chi connectivity index (χ3n) is 6.07. The molecular weight excluding hydrogens is 362 g/mol. The van der Waals surface area contributed by atoms with Gasteiger partial charge in [0.1, 0.15) is 5.75 Å². The summed E-state index contributed by atoms with van der Waals surface area (Å²) in [5.74, 6) is 0.385. The predicted octanol–water partition coefficient (Wildman–Crippen LogP) is 4.47. The fourth-order valence-electron chi connectivity index (χ4n) is 4.39. The lowest BCUT2D eigenvalue weighted by Gasteiger charge is -2.24. The van der Waals surface area contributed by atoms with Gasteiger partial charge in [-0.1, -0.05) is 18.2 Å². The van der Waals surface area contributed by atoms with E-state index in [1.165, 1.54) is 24.0 Å². The van der Waals surface area contributed by atoms with Crippen molar-refractivity contribution in [2.45, 2.75) is 58.5 Å². The minimum atomic E-state index is -0.127. The largest absolute Gasteiger partial charge is 0.508 e. The first kappa shape index (κ1) is 19.5. The molecule has 0 saturated heterocycles. The van der Waals surface area contributed by atoms with Crippen LogP contribution in [0, 0.1) is 6.92 Å². The van der Waals surface area contributed by atoms with E-state index in [-0.39, 0.29) is 17.8 Å². The van der Waals surface area contributed by atoms with Gasteiger partial charge in [0.2, 0.25) is 0 Å². The molecule has 2 aromatic carbocycles. The normalized spacial score (nSPS) is 15.7. The first-order chi connectivity index (χ1) is 13.9. The smallest absolute Gasteiger partial charge is 0.330 e. The molecule has 0 fully saturated rings. The standard InChI is InChI=1S/C24H29N3O2/c1-15-14-25-24(29)27(15)21-10-8-18(9-11-21)16(2)26-17(3)22-12-19-6-4-5-7-20(19)13-23(22)28/h8-14,16-17,26,28H,4-7H2,1-3H3,(H,25,29). The fourth-order valence-corrected chi connectivity index (χ4v) is 4.39. The molecule has 3 aromatic rings. The molecule has 1 aliphatic carbocycles. The van der Waals surface area contributed by atoms with Gasteiger partial charge in [0.25, 0.3) is 0 Å². The number of aromatic nitrogens is 2. The number of fused-ring (bicyclic) bond motifs is 1. The Morgan fingerprint density at radius 2 is 1.69 bits per heavy atom. The van der Waals surface area contributed by atoms with Gasteiger partial charge in [0, 0.05) is 29.5 Å². The van der Waals surface area contributed by atoms with Gasteiger partial charge in [-0.15, -0.1) is 0 Å². The molecule has 152 valence electrons. The molecule has 2 atom stereocenters. The monoisotopic (exact) mass is 391 g/mol. The number of H-pyrrole nitrogens is 1. The maximum atomic E-state index is 12.0.